The highest BCUT2D eigenvalue weighted by molar-refractivity contribution is 5.91. The largest absolute Gasteiger partial charge is 0.412 e. The van der Waals surface area contributed by atoms with Crippen molar-refractivity contribution in [2.75, 3.05) is 10.6 Å². The first-order chi connectivity index (χ1) is 20.1. The highest BCUT2D eigenvalue weighted by Crippen LogP contribution is 2.25. The molecule has 0 aliphatic heterocycles. The highest BCUT2D eigenvalue weighted by Gasteiger charge is 2.08. The van der Waals surface area contributed by atoms with Crippen LogP contribution < -0.4 is 10.6 Å². The van der Waals surface area contributed by atoms with Gasteiger partial charge in [0.15, 0.2) is 11.6 Å². The second-order valence-corrected chi connectivity index (χ2v) is 8.48. The van der Waals surface area contributed by atoms with Crippen molar-refractivity contribution in [2.24, 2.45) is 0 Å². The Bertz CT molecular complexity index is 1620. The molecule has 0 atom stereocenters. The maximum atomic E-state index is 12.8. The monoisotopic (exact) mass is 565 g/mol. The zero-order valence-electron chi connectivity index (χ0n) is 22.8. The van der Waals surface area contributed by atoms with Crippen LogP contribution in [-0.4, -0.2) is 25.4 Å². The summed E-state index contributed by atoms with van der Waals surface area (Å²) in [4.78, 5) is 16.8. The minimum atomic E-state index is -0.672. The number of hydrogen-bond donors (Lipinski definition) is 2. The van der Waals surface area contributed by atoms with Crippen molar-refractivity contribution in [3.63, 3.8) is 0 Å². The van der Waals surface area contributed by atoms with Crippen LogP contribution in [0.2, 0.25) is 0 Å². The summed E-state index contributed by atoms with van der Waals surface area (Å²) in [7, 11) is 0. The molecule has 0 amide bonds. The van der Waals surface area contributed by atoms with E-state index in [0.717, 1.165) is 33.2 Å². The van der Waals surface area contributed by atoms with Crippen molar-refractivity contribution in [3.8, 4) is 6.07 Å². The van der Waals surface area contributed by atoms with Crippen molar-refractivity contribution in [1.29, 1.82) is 5.26 Å². The van der Waals surface area contributed by atoms with Gasteiger partial charge in [-0.15, -0.1) is 0 Å². The lowest BCUT2D eigenvalue weighted by Gasteiger charge is -2.09. The number of rotatable bonds is 6. The number of aromatic nitrogens is 4. The fourth-order valence-electron chi connectivity index (χ4n) is 3.88. The highest BCUT2D eigenvalue weighted by atomic mass is 19.1. The van der Waals surface area contributed by atoms with Gasteiger partial charge in [0, 0.05) is 29.1 Å². The molecule has 2 aromatic heterocycles. The number of anilines is 4. The average molecular weight is 566 g/mol. The second kappa shape index (κ2) is 15.9. The minimum absolute atomic E-state index is 0. The molecular weight excluding hydrogens is 536 g/mol. The maximum absolute atomic E-state index is 12.8. The lowest BCUT2D eigenvalue weighted by molar-refractivity contribution is 0.467. The average Bonchev–Trinajstić information content (AvgIpc) is 3.02. The molecule has 0 fully saturated rings. The summed E-state index contributed by atoms with van der Waals surface area (Å²) < 4.78 is 25.6. The van der Waals surface area contributed by atoms with E-state index in [1.165, 1.54) is 6.92 Å². The standard InChI is InChI=1S/2C15H12FN3.C2H3N.H2O/c2*16-10-14-18-13-9-5-4-8-12(13)15(19-14)17-11-6-2-1-3-7-11;1-2-3;/h2*1-9H,10H2,(H,17,18,19);1H3;1H2. The van der Waals surface area contributed by atoms with Crippen LogP contribution >= 0.6 is 0 Å². The normalized spacial score (nSPS) is 9.76. The molecule has 0 spiro atoms. The van der Waals surface area contributed by atoms with Gasteiger partial charge in [-0.25, -0.2) is 28.7 Å². The first kappa shape index (κ1) is 31.0. The van der Waals surface area contributed by atoms with Crippen molar-refractivity contribution >= 4 is 44.8 Å². The number of nitriles is 1. The van der Waals surface area contributed by atoms with Gasteiger partial charge in [0.25, 0.3) is 0 Å². The van der Waals surface area contributed by atoms with Gasteiger partial charge in [0.05, 0.1) is 17.1 Å². The van der Waals surface area contributed by atoms with Gasteiger partial charge in [0.1, 0.15) is 25.0 Å². The Morgan fingerprint density at radius 1 is 0.571 bits per heavy atom. The summed E-state index contributed by atoms with van der Waals surface area (Å²) in [5.74, 6) is 1.64. The van der Waals surface area contributed by atoms with E-state index in [2.05, 4.69) is 30.6 Å². The number of halogens is 2. The van der Waals surface area contributed by atoms with Gasteiger partial charge >= 0.3 is 0 Å². The molecule has 2 heterocycles. The Hall–Kier alpha value is -5.53. The molecule has 212 valence electrons. The van der Waals surface area contributed by atoms with E-state index < -0.39 is 13.3 Å². The first-order valence-electron chi connectivity index (χ1n) is 12.7. The molecule has 0 bridgehead atoms. The molecule has 4 N–H and O–H groups in total. The molecule has 0 aliphatic carbocycles. The van der Waals surface area contributed by atoms with E-state index in [-0.39, 0.29) is 17.1 Å². The van der Waals surface area contributed by atoms with E-state index in [0.29, 0.717) is 11.6 Å². The molecule has 6 aromatic rings. The molecule has 0 aliphatic rings. The number of nitrogens with one attached hydrogen (secondary N) is 2. The third-order valence-corrected chi connectivity index (χ3v) is 5.61. The lowest BCUT2D eigenvalue weighted by atomic mass is 10.2. The molecular formula is C32H29F2N7O. The molecule has 0 unspecified atom stereocenters. The van der Waals surface area contributed by atoms with Crippen LogP contribution in [0.5, 0.6) is 0 Å². The number of fused-ring (bicyclic) bond motifs is 2. The van der Waals surface area contributed by atoms with E-state index in [1.54, 1.807) is 6.07 Å². The summed E-state index contributed by atoms with van der Waals surface area (Å²) in [6, 6.07) is 36.2. The summed E-state index contributed by atoms with van der Waals surface area (Å²) in [6.07, 6.45) is 0. The molecule has 6 rings (SSSR count). The predicted octanol–water partition coefficient (Wildman–Crippen LogP) is 7.39. The zero-order chi connectivity index (χ0) is 28.9. The van der Waals surface area contributed by atoms with Crippen LogP contribution in [-0.2, 0) is 13.3 Å². The zero-order valence-corrected chi connectivity index (χ0v) is 22.8. The summed E-state index contributed by atoms with van der Waals surface area (Å²) >= 11 is 0. The van der Waals surface area contributed by atoms with Crippen molar-refractivity contribution in [1.82, 2.24) is 19.9 Å². The summed E-state index contributed by atoms with van der Waals surface area (Å²) in [5, 5.41) is 15.5. The maximum Gasteiger partial charge on any atom is 0.162 e. The Balaban J connectivity index is 0.000000207. The number of nitrogens with zero attached hydrogens (tertiary/aromatic N) is 5. The van der Waals surface area contributed by atoms with E-state index in [9.17, 15) is 8.78 Å². The fourth-order valence-corrected chi connectivity index (χ4v) is 3.88. The second-order valence-electron chi connectivity index (χ2n) is 8.48. The quantitative estimate of drug-likeness (QED) is 0.215. The summed E-state index contributed by atoms with van der Waals surface area (Å²) in [5.41, 5.74) is 3.31. The van der Waals surface area contributed by atoms with E-state index in [4.69, 9.17) is 5.26 Å². The number of para-hydroxylation sites is 4. The van der Waals surface area contributed by atoms with E-state index >= 15 is 0 Å². The first-order valence-corrected chi connectivity index (χ1v) is 12.7. The molecule has 10 heteroatoms. The van der Waals surface area contributed by atoms with Crippen LogP contribution in [0.4, 0.5) is 31.8 Å². The fraction of sp³-hybridized carbons (Fsp3) is 0.0938. The van der Waals surface area contributed by atoms with Crippen LogP contribution in [0.1, 0.15) is 18.6 Å². The van der Waals surface area contributed by atoms with Crippen molar-refractivity contribution in [3.05, 3.63) is 121 Å². The molecule has 4 aromatic carbocycles. The Morgan fingerprint density at radius 2 is 0.905 bits per heavy atom. The van der Waals surface area contributed by atoms with Gasteiger partial charge in [0.2, 0.25) is 0 Å². The molecule has 0 radical (unpaired) electrons. The lowest BCUT2D eigenvalue weighted by Crippen LogP contribution is -2.00. The topological polar surface area (TPSA) is 131 Å². The van der Waals surface area contributed by atoms with Crippen LogP contribution in [0, 0.1) is 11.3 Å². The Kier molecular flexibility index (Phi) is 11.7. The van der Waals surface area contributed by atoms with Gasteiger partial charge in [-0.2, -0.15) is 5.26 Å². The third kappa shape index (κ3) is 8.24. The van der Waals surface area contributed by atoms with Crippen LogP contribution in [0.15, 0.2) is 109 Å². The third-order valence-electron chi connectivity index (χ3n) is 5.61. The van der Waals surface area contributed by atoms with Crippen molar-refractivity contribution in [2.45, 2.75) is 20.3 Å². The number of benzene rings is 4. The van der Waals surface area contributed by atoms with E-state index in [1.807, 2.05) is 109 Å². The van der Waals surface area contributed by atoms with Crippen molar-refractivity contribution < 1.29 is 14.3 Å². The molecule has 0 saturated heterocycles. The van der Waals surface area contributed by atoms with Gasteiger partial charge in [-0.1, -0.05) is 60.7 Å². The van der Waals surface area contributed by atoms with Crippen LogP contribution in [0.3, 0.4) is 0 Å². The summed E-state index contributed by atoms with van der Waals surface area (Å²) in [6.45, 7) is 0.0859. The molecule has 0 saturated carbocycles. The predicted molar refractivity (Wildman–Crippen MR) is 163 cm³/mol. The number of alkyl halides is 2. The Morgan fingerprint density at radius 3 is 1.26 bits per heavy atom. The van der Waals surface area contributed by atoms with Gasteiger partial charge < -0.3 is 16.1 Å². The minimum Gasteiger partial charge on any atom is -0.412 e. The molecule has 42 heavy (non-hydrogen) atoms. The SMILES string of the molecule is CC#N.FCc1nc(Nc2ccccc2)c2ccccc2n1.FCc1nc(Nc2ccccc2)c2ccccc2n1.O. The van der Waals surface area contributed by atoms with Gasteiger partial charge in [-0.3, -0.25) is 0 Å². The van der Waals surface area contributed by atoms with Gasteiger partial charge in [-0.05, 0) is 48.5 Å². The Labute approximate surface area is 242 Å². The van der Waals surface area contributed by atoms with Crippen LogP contribution in [0.25, 0.3) is 21.8 Å². The smallest absolute Gasteiger partial charge is 0.162 e. The number of hydrogen-bond acceptors (Lipinski definition) is 7. The molecule has 8 nitrogen and oxygen atoms in total.